The van der Waals surface area contributed by atoms with E-state index in [4.69, 9.17) is 14.2 Å². The van der Waals surface area contributed by atoms with E-state index in [-0.39, 0.29) is 31.8 Å². The summed E-state index contributed by atoms with van der Waals surface area (Å²) >= 11 is 0. The molecule has 2 saturated heterocycles. The highest BCUT2D eigenvalue weighted by Gasteiger charge is 2.76. The van der Waals surface area contributed by atoms with Crippen LogP contribution < -0.4 is 0 Å². The van der Waals surface area contributed by atoms with Crippen LogP contribution in [0.5, 0.6) is 0 Å². The van der Waals surface area contributed by atoms with Crippen LogP contribution in [0.4, 0.5) is 0 Å². The number of carbonyl (C=O) groups excluding carboxylic acids is 3. The Balaban J connectivity index is 1.47. The van der Waals surface area contributed by atoms with E-state index in [1.165, 1.54) is 19.3 Å². The Kier molecular flexibility index (Phi) is 6.82. The lowest BCUT2D eigenvalue weighted by Gasteiger charge is -2.66. The Morgan fingerprint density at radius 2 is 1.14 bits per heavy atom. The zero-order chi connectivity index (χ0) is 29.1. The van der Waals surface area contributed by atoms with E-state index >= 15 is 4.79 Å². The maximum atomic E-state index is 15.3. The first kappa shape index (κ1) is 27.8. The van der Waals surface area contributed by atoms with Crippen LogP contribution in [0, 0.1) is 28.6 Å². The predicted molar refractivity (Wildman–Crippen MR) is 155 cm³/mol. The molecule has 7 heteroatoms. The number of ether oxygens (including phenoxy) is 3. The lowest BCUT2D eigenvalue weighted by Crippen LogP contribution is -2.76. The Morgan fingerprint density at radius 1 is 0.738 bits per heavy atom. The zero-order valence-electron chi connectivity index (χ0n) is 24.6. The SMILES string of the molecule is CCOC(=O)[C@@]12CN(C34CC5CC(CC(C5)C3)C4)C[C@@](C(=O)OCC)(C1=O)[C@H](c1ccccc1)O[C@@H]2c1ccccc1. The summed E-state index contributed by atoms with van der Waals surface area (Å²) < 4.78 is 18.5. The molecule has 0 N–H and O–H groups in total. The molecule has 222 valence electrons. The first-order valence-corrected chi connectivity index (χ1v) is 15.8. The van der Waals surface area contributed by atoms with E-state index in [0.717, 1.165) is 30.4 Å². The van der Waals surface area contributed by atoms with E-state index in [2.05, 4.69) is 4.90 Å². The minimum absolute atomic E-state index is 0.126. The maximum Gasteiger partial charge on any atom is 0.324 e. The van der Waals surface area contributed by atoms with Crippen molar-refractivity contribution in [1.29, 1.82) is 0 Å². The van der Waals surface area contributed by atoms with E-state index in [9.17, 15) is 9.59 Å². The number of ketones is 1. The number of hydrogen-bond acceptors (Lipinski definition) is 7. The molecular formula is C35H41NO6. The molecule has 4 atom stereocenters. The van der Waals surface area contributed by atoms with Gasteiger partial charge in [0.05, 0.1) is 13.2 Å². The van der Waals surface area contributed by atoms with Crippen molar-refractivity contribution in [2.24, 2.45) is 28.6 Å². The minimum Gasteiger partial charge on any atom is -0.465 e. The van der Waals surface area contributed by atoms with Gasteiger partial charge in [-0.3, -0.25) is 19.3 Å². The number of carbonyl (C=O) groups is 3. The smallest absolute Gasteiger partial charge is 0.324 e. The van der Waals surface area contributed by atoms with Crippen LogP contribution >= 0.6 is 0 Å². The number of benzene rings is 2. The lowest BCUT2D eigenvalue weighted by atomic mass is 9.50. The van der Waals surface area contributed by atoms with Crippen molar-refractivity contribution in [3.8, 4) is 0 Å². The zero-order valence-corrected chi connectivity index (χ0v) is 24.6. The first-order valence-electron chi connectivity index (χ1n) is 15.8. The van der Waals surface area contributed by atoms with Crippen LogP contribution in [-0.2, 0) is 28.6 Å². The van der Waals surface area contributed by atoms with Crippen LogP contribution in [0.15, 0.2) is 60.7 Å². The number of likely N-dealkylation sites (tertiary alicyclic amines) is 1. The molecule has 2 aromatic carbocycles. The third-order valence-corrected chi connectivity index (χ3v) is 11.0. The third kappa shape index (κ3) is 3.96. The Morgan fingerprint density at radius 3 is 1.52 bits per heavy atom. The van der Waals surface area contributed by atoms with Crippen LogP contribution in [0.2, 0.25) is 0 Å². The van der Waals surface area contributed by atoms with E-state index in [1.54, 1.807) is 13.8 Å². The molecule has 0 unspecified atom stereocenters. The van der Waals surface area contributed by atoms with Gasteiger partial charge >= 0.3 is 11.9 Å². The van der Waals surface area contributed by atoms with Crippen molar-refractivity contribution in [2.75, 3.05) is 26.3 Å². The standard InChI is InChI=1S/C35H41NO6/c1-3-40-31(38)34-21-36(33-18-23-15-24(19-33)17-25(16-23)20-33)22-35(30(34)37,32(39)41-4-2)29(27-13-9-6-10-14-27)42-28(34)26-11-7-5-8-12-26/h5-14,23-25,28-29H,3-4,15-22H2,1-2H3/t23?,24?,25?,28-,29+,33?,34-,35+. The van der Waals surface area contributed by atoms with Crippen LogP contribution in [-0.4, -0.2) is 54.5 Å². The molecule has 4 saturated carbocycles. The molecule has 0 radical (unpaired) electrons. The summed E-state index contributed by atoms with van der Waals surface area (Å²) in [5, 5.41) is 0. The highest BCUT2D eigenvalue weighted by molar-refractivity contribution is 6.17. The summed E-state index contributed by atoms with van der Waals surface area (Å²) in [6.45, 7) is 4.12. The fourth-order valence-corrected chi connectivity index (χ4v) is 9.79. The van der Waals surface area contributed by atoms with Gasteiger partial charge in [-0.15, -0.1) is 0 Å². The van der Waals surface area contributed by atoms with Crippen molar-refractivity contribution in [1.82, 2.24) is 4.90 Å². The molecule has 0 aromatic heterocycles. The summed E-state index contributed by atoms with van der Waals surface area (Å²) in [6.07, 6.45) is 5.07. The van der Waals surface area contributed by atoms with E-state index in [0.29, 0.717) is 17.8 Å². The number of nitrogens with zero attached hydrogens (tertiary/aromatic N) is 1. The molecule has 6 fully saturated rings. The summed E-state index contributed by atoms with van der Waals surface area (Å²) in [4.78, 5) is 46.4. The molecule has 7 nitrogen and oxygen atoms in total. The Hall–Kier alpha value is -3.03. The molecule has 0 amide bonds. The van der Waals surface area contributed by atoms with Crippen molar-refractivity contribution in [3.63, 3.8) is 0 Å². The molecule has 6 bridgehead atoms. The maximum absolute atomic E-state index is 15.3. The second-order valence-electron chi connectivity index (χ2n) is 13.4. The molecule has 2 aliphatic heterocycles. The molecule has 4 aliphatic carbocycles. The topological polar surface area (TPSA) is 82.1 Å². The lowest BCUT2D eigenvalue weighted by molar-refractivity contribution is -0.246. The molecule has 8 rings (SSSR count). The summed E-state index contributed by atoms with van der Waals surface area (Å²) in [5.41, 5.74) is -2.13. The molecule has 2 heterocycles. The van der Waals surface area contributed by atoms with E-state index in [1.807, 2.05) is 60.7 Å². The van der Waals surface area contributed by atoms with Gasteiger partial charge in [-0.2, -0.15) is 0 Å². The van der Waals surface area contributed by atoms with Crippen molar-refractivity contribution in [2.45, 2.75) is 70.1 Å². The molecule has 2 aromatic rings. The van der Waals surface area contributed by atoms with Gasteiger partial charge < -0.3 is 14.2 Å². The molecule has 42 heavy (non-hydrogen) atoms. The van der Waals surface area contributed by atoms with Gasteiger partial charge in [0, 0.05) is 18.6 Å². The number of fused-ring (bicyclic) bond motifs is 2. The third-order valence-electron chi connectivity index (χ3n) is 11.0. The summed E-state index contributed by atoms with van der Waals surface area (Å²) in [7, 11) is 0. The van der Waals surface area contributed by atoms with Gasteiger partial charge in [-0.25, -0.2) is 0 Å². The fourth-order valence-electron chi connectivity index (χ4n) is 9.79. The normalized spacial score (nSPS) is 38.7. The Labute approximate surface area is 247 Å². The van der Waals surface area contributed by atoms with Gasteiger partial charge in [-0.1, -0.05) is 60.7 Å². The van der Waals surface area contributed by atoms with Gasteiger partial charge in [-0.05, 0) is 81.3 Å². The second-order valence-corrected chi connectivity index (χ2v) is 13.4. The monoisotopic (exact) mass is 571 g/mol. The highest BCUT2D eigenvalue weighted by Crippen LogP contribution is 2.64. The highest BCUT2D eigenvalue weighted by atomic mass is 16.6. The number of rotatable bonds is 7. The van der Waals surface area contributed by atoms with E-state index < -0.39 is 40.8 Å². The first-order chi connectivity index (χ1) is 20.4. The second kappa shape index (κ2) is 10.3. The van der Waals surface area contributed by atoms with Crippen molar-refractivity contribution in [3.05, 3.63) is 71.8 Å². The van der Waals surface area contributed by atoms with Crippen LogP contribution in [0.1, 0.15) is 75.7 Å². The van der Waals surface area contributed by atoms with Crippen LogP contribution in [0.3, 0.4) is 0 Å². The Bertz CT molecular complexity index is 1250. The molecular weight excluding hydrogens is 530 g/mol. The summed E-state index contributed by atoms with van der Waals surface area (Å²) in [5.74, 6) is 0.296. The van der Waals surface area contributed by atoms with Gasteiger partial charge in [0.1, 0.15) is 12.2 Å². The van der Waals surface area contributed by atoms with Crippen molar-refractivity contribution < 1.29 is 28.6 Å². The minimum atomic E-state index is -1.71. The largest absolute Gasteiger partial charge is 0.465 e. The van der Waals surface area contributed by atoms with Crippen molar-refractivity contribution >= 4 is 17.7 Å². The average Bonchev–Trinajstić information content (AvgIpc) is 2.98. The predicted octanol–water partition coefficient (Wildman–Crippen LogP) is 5.45. The number of piperidine rings is 1. The van der Waals surface area contributed by atoms with Gasteiger partial charge in [0.15, 0.2) is 16.6 Å². The number of Topliss-reactive ketones (excluding diaryl/α,β-unsaturated/α-hetero) is 1. The van der Waals surface area contributed by atoms with Gasteiger partial charge in [0.2, 0.25) is 0 Å². The molecule has 6 aliphatic rings. The number of esters is 2. The average molecular weight is 572 g/mol. The fraction of sp³-hybridized carbons (Fsp3) is 0.571. The van der Waals surface area contributed by atoms with Crippen LogP contribution in [0.25, 0.3) is 0 Å². The molecule has 0 spiro atoms. The quantitative estimate of drug-likeness (QED) is 0.323. The number of hydrogen-bond donors (Lipinski definition) is 0. The van der Waals surface area contributed by atoms with Gasteiger partial charge in [0.25, 0.3) is 0 Å². The summed E-state index contributed by atoms with van der Waals surface area (Å²) in [6, 6.07) is 19.0.